The molecule has 1 N–H and O–H groups in total. The Morgan fingerprint density at radius 1 is 0.824 bits per heavy atom. The lowest BCUT2D eigenvalue weighted by Crippen LogP contribution is -2.29. The van der Waals surface area contributed by atoms with E-state index in [2.05, 4.69) is 5.32 Å². The van der Waals surface area contributed by atoms with E-state index in [9.17, 15) is 14.4 Å². The minimum atomic E-state index is -0.787. The van der Waals surface area contributed by atoms with Crippen LogP contribution in [0.1, 0.15) is 43.1 Å². The molecule has 11 heteroatoms. The van der Waals surface area contributed by atoms with E-state index < -0.39 is 28.9 Å². The third-order valence-corrected chi connectivity index (χ3v) is 8.53. The van der Waals surface area contributed by atoms with Crippen molar-refractivity contribution in [2.75, 3.05) is 12.4 Å². The molecule has 0 fully saturated rings. The molecule has 0 saturated heterocycles. The van der Waals surface area contributed by atoms with Crippen LogP contribution in [0.4, 0.5) is 14.5 Å². The van der Waals surface area contributed by atoms with Crippen LogP contribution in [-0.4, -0.2) is 37.6 Å². The van der Waals surface area contributed by atoms with Gasteiger partial charge in [-0.15, -0.1) is 0 Å². The Balaban J connectivity index is 1.47. The number of nitrogens with zero attached hydrogens (tertiary/aromatic N) is 4. The van der Waals surface area contributed by atoms with E-state index in [4.69, 9.17) is 9.40 Å². The maximum atomic E-state index is 15.1. The summed E-state index contributed by atoms with van der Waals surface area (Å²) in [6.45, 7) is 0.303. The Morgan fingerprint density at radius 3 is 2.22 bits per heavy atom. The van der Waals surface area contributed by atoms with Gasteiger partial charge in [0.25, 0.3) is 11.5 Å². The van der Waals surface area contributed by atoms with Crippen molar-refractivity contribution < 1.29 is 22.8 Å². The van der Waals surface area contributed by atoms with Crippen LogP contribution >= 0.6 is 0 Å². The van der Waals surface area contributed by atoms with Gasteiger partial charge in [0.15, 0.2) is 5.78 Å². The van der Waals surface area contributed by atoms with Crippen molar-refractivity contribution in [2.24, 2.45) is 0 Å². The molecule has 0 saturated carbocycles. The molecule has 0 unspecified atom stereocenters. The van der Waals surface area contributed by atoms with E-state index >= 15 is 8.78 Å². The van der Waals surface area contributed by atoms with Crippen molar-refractivity contribution in [3.8, 4) is 11.3 Å². The quantitative estimate of drug-likeness (QED) is 0.145. The Kier molecular flexibility index (Phi) is 9.19. The Morgan fingerprint density at radius 2 is 1.51 bits per heavy atom. The van der Waals surface area contributed by atoms with Gasteiger partial charge in [-0.3, -0.25) is 19.3 Å². The molecule has 0 spiro atoms. The number of anilines is 1. The molecule has 0 atom stereocenters. The SMILES string of the molecule is CN(Cc1ccccc1)Cc1c(-c2ccccc2NC(=O)c2ccoc2)nc2n(Cc3c(F)cccc3F)cc(C(=O)c3ccccc3)c(=O)n12. The van der Waals surface area contributed by atoms with Gasteiger partial charge in [0.2, 0.25) is 5.78 Å². The van der Waals surface area contributed by atoms with E-state index in [0.717, 1.165) is 17.7 Å². The average molecular weight is 684 g/mol. The number of aromatic nitrogens is 3. The van der Waals surface area contributed by atoms with Gasteiger partial charge in [0, 0.05) is 36.0 Å². The summed E-state index contributed by atoms with van der Waals surface area (Å²) in [4.78, 5) is 48.6. The summed E-state index contributed by atoms with van der Waals surface area (Å²) < 4.78 is 38.0. The minimum absolute atomic E-state index is 0.0568. The van der Waals surface area contributed by atoms with Crippen molar-refractivity contribution in [1.82, 2.24) is 18.9 Å². The van der Waals surface area contributed by atoms with Gasteiger partial charge >= 0.3 is 0 Å². The van der Waals surface area contributed by atoms with E-state index in [1.807, 2.05) is 42.3 Å². The van der Waals surface area contributed by atoms with Crippen LogP contribution in [0, 0.1) is 11.6 Å². The van der Waals surface area contributed by atoms with Crippen molar-refractivity contribution in [3.63, 3.8) is 0 Å². The second-order valence-electron chi connectivity index (χ2n) is 12.1. The Labute approximate surface area is 291 Å². The number of imidazole rings is 1. The molecule has 51 heavy (non-hydrogen) atoms. The molecule has 1 amide bonds. The zero-order valence-corrected chi connectivity index (χ0v) is 27.4. The van der Waals surface area contributed by atoms with Crippen LogP contribution in [0.5, 0.6) is 0 Å². The van der Waals surface area contributed by atoms with Crippen LogP contribution in [-0.2, 0) is 19.6 Å². The first-order valence-electron chi connectivity index (χ1n) is 16.1. The molecule has 9 nitrogen and oxygen atoms in total. The molecular formula is C40H31F2N5O4. The van der Waals surface area contributed by atoms with Gasteiger partial charge in [0.05, 0.1) is 35.4 Å². The van der Waals surface area contributed by atoms with Crippen molar-refractivity contribution in [1.29, 1.82) is 0 Å². The Bertz CT molecular complexity index is 2400. The summed E-state index contributed by atoms with van der Waals surface area (Å²) in [7, 11) is 1.88. The van der Waals surface area contributed by atoms with E-state index in [0.29, 0.717) is 34.7 Å². The fourth-order valence-corrected chi connectivity index (χ4v) is 6.06. The van der Waals surface area contributed by atoms with Gasteiger partial charge in [-0.2, -0.15) is 0 Å². The number of halogens is 2. The first-order valence-corrected chi connectivity index (χ1v) is 16.1. The van der Waals surface area contributed by atoms with Gasteiger partial charge < -0.3 is 14.3 Å². The van der Waals surface area contributed by atoms with Crippen LogP contribution in [0.2, 0.25) is 0 Å². The second-order valence-corrected chi connectivity index (χ2v) is 12.1. The topological polar surface area (TPSA) is 102 Å². The minimum Gasteiger partial charge on any atom is -0.472 e. The number of nitrogens with one attached hydrogen (secondary N) is 1. The van der Waals surface area contributed by atoms with Crippen molar-refractivity contribution in [3.05, 3.63) is 183 Å². The van der Waals surface area contributed by atoms with Gasteiger partial charge in [0.1, 0.15) is 23.5 Å². The van der Waals surface area contributed by atoms with Gasteiger partial charge in [-0.25, -0.2) is 18.2 Å². The van der Waals surface area contributed by atoms with Crippen LogP contribution < -0.4 is 10.9 Å². The highest BCUT2D eigenvalue weighted by Crippen LogP contribution is 2.32. The van der Waals surface area contributed by atoms with E-state index in [1.165, 1.54) is 39.8 Å². The first kappa shape index (κ1) is 33.1. The number of para-hydroxylation sites is 1. The standard InChI is InChI=1S/C40H31F2N5O4/c1-45(21-26-11-4-2-5-12-26)24-35-36(29-15-8-9-18-34(29)43-38(49)28-19-20-51-25-28)44-40-46(22-30-32(41)16-10-17-33(30)42)23-31(39(50)47(35)40)37(48)27-13-6-3-7-14-27/h2-20,23,25H,21-22,24H2,1H3,(H,43,49). The molecule has 7 aromatic rings. The fraction of sp³-hybridized carbons (Fsp3) is 0.100. The van der Waals surface area contributed by atoms with Gasteiger partial charge in [-0.1, -0.05) is 84.9 Å². The lowest BCUT2D eigenvalue weighted by molar-refractivity contribution is 0.102. The molecule has 3 heterocycles. The predicted octanol–water partition coefficient (Wildman–Crippen LogP) is 7.20. The summed E-state index contributed by atoms with van der Waals surface area (Å²) in [5.41, 5.74) is 2.11. The average Bonchev–Trinajstić information content (AvgIpc) is 3.81. The highest BCUT2D eigenvalue weighted by molar-refractivity contribution is 6.09. The van der Waals surface area contributed by atoms with Crippen LogP contribution in [0.15, 0.2) is 137 Å². The number of hydrogen-bond donors (Lipinski definition) is 1. The summed E-state index contributed by atoms with van der Waals surface area (Å²) >= 11 is 0. The summed E-state index contributed by atoms with van der Waals surface area (Å²) in [5, 5.41) is 2.91. The predicted molar refractivity (Wildman–Crippen MR) is 188 cm³/mol. The number of furan rings is 1. The summed E-state index contributed by atoms with van der Waals surface area (Å²) in [6.07, 6.45) is 4.02. The van der Waals surface area contributed by atoms with Crippen LogP contribution in [0.25, 0.3) is 17.0 Å². The van der Waals surface area contributed by atoms with Crippen molar-refractivity contribution in [2.45, 2.75) is 19.6 Å². The maximum absolute atomic E-state index is 15.1. The lowest BCUT2D eigenvalue weighted by Gasteiger charge is -2.19. The molecular weight excluding hydrogens is 652 g/mol. The monoisotopic (exact) mass is 683 g/mol. The molecule has 254 valence electrons. The molecule has 0 bridgehead atoms. The third-order valence-electron chi connectivity index (χ3n) is 8.53. The normalized spacial score (nSPS) is 11.3. The lowest BCUT2D eigenvalue weighted by atomic mass is 10.1. The number of rotatable bonds is 11. The molecule has 0 aliphatic heterocycles. The summed E-state index contributed by atoms with van der Waals surface area (Å²) in [5.74, 6) is -2.50. The molecule has 3 aromatic heterocycles. The second kappa shape index (κ2) is 14.2. The molecule has 7 rings (SSSR count). The highest BCUT2D eigenvalue weighted by Gasteiger charge is 2.26. The fourth-order valence-electron chi connectivity index (χ4n) is 6.06. The van der Waals surface area contributed by atoms with E-state index in [-0.39, 0.29) is 35.6 Å². The summed E-state index contributed by atoms with van der Waals surface area (Å²) in [6, 6.07) is 30.2. The molecule has 0 radical (unpaired) electrons. The van der Waals surface area contributed by atoms with Crippen LogP contribution in [0.3, 0.4) is 0 Å². The molecule has 0 aliphatic rings. The number of carbonyl (C=O) groups is 2. The van der Waals surface area contributed by atoms with Gasteiger partial charge in [-0.05, 0) is 36.9 Å². The van der Waals surface area contributed by atoms with E-state index in [1.54, 1.807) is 54.6 Å². The smallest absolute Gasteiger partial charge is 0.270 e. The Hall–Kier alpha value is -6.46. The number of amides is 1. The number of carbonyl (C=O) groups excluding carboxylic acids is 2. The third kappa shape index (κ3) is 6.75. The molecule has 4 aromatic carbocycles. The maximum Gasteiger partial charge on any atom is 0.270 e. The number of fused-ring (bicyclic) bond motifs is 1. The molecule has 0 aliphatic carbocycles. The van der Waals surface area contributed by atoms with Crippen molar-refractivity contribution >= 4 is 23.2 Å². The largest absolute Gasteiger partial charge is 0.472 e. The zero-order valence-electron chi connectivity index (χ0n) is 27.4. The number of benzene rings is 4. The number of hydrogen-bond acceptors (Lipinski definition) is 6. The zero-order chi connectivity index (χ0) is 35.5. The first-order chi connectivity index (χ1) is 24.8. The number of ketones is 1. The highest BCUT2D eigenvalue weighted by atomic mass is 19.1.